The van der Waals surface area contributed by atoms with E-state index in [1.54, 1.807) is 6.07 Å². The van der Waals surface area contributed by atoms with Crippen molar-refractivity contribution in [2.24, 2.45) is 0 Å². The summed E-state index contributed by atoms with van der Waals surface area (Å²) in [6, 6.07) is 3.05. The topological polar surface area (TPSA) is 71.3 Å². The van der Waals surface area contributed by atoms with E-state index in [-0.39, 0.29) is 10.6 Å². The van der Waals surface area contributed by atoms with E-state index < -0.39 is 0 Å². The monoisotopic (exact) mass is 296 g/mol. The van der Waals surface area contributed by atoms with Crippen LogP contribution in [0, 0.1) is 10.1 Å². The van der Waals surface area contributed by atoms with E-state index in [2.05, 4.69) is 29.0 Å². The number of nitro groups is 1. The van der Waals surface area contributed by atoms with Crippen LogP contribution in [0.15, 0.2) is 12.1 Å². The molecule has 2 atom stereocenters. The number of nitrogens with zero attached hydrogens (tertiary/aromatic N) is 3. The van der Waals surface area contributed by atoms with Crippen LogP contribution in [0.3, 0.4) is 0 Å². The van der Waals surface area contributed by atoms with Crippen molar-refractivity contribution in [2.45, 2.75) is 31.3 Å². The van der Waals surface area contributed by atoms with Crippen molar-refractivity contribution in [3.63, 3.8) is 0 Å². The summed E-state index contributed by atoms with van der Waals surface area (Å²) in [5.74, 6) is 1.25. The molecular weight excluding hydrogens is 276 g/mol. The van der Waals surface area contributed by atoms with E-state index >= 15 is 0 Å². The Hall–Kier alpha value is -1.50. The van der Waals surface area contributed by atoms with Gasteiger partial charge in [0, 0.05) is 30.1 Å². The van der Waals surface area contributed by atoms with E-state index in [1.807, 2.05) is 18.7 Å². The Morgan fingerprint density at radius 2 is 2.10 bits per heavy atom. The second kappa shape index (κ2) is 6.30. The Bertz CT molecular complexity index is 487. The molecule has 0 saturated carbocycles. The number of nitrogens with one attached hydrogen (secondary N) is 1. The quantitative estimate of drug-likeness (QED) is 0.680. The van der Waals surface area contributed by atoms with Gasteiger partial charge in [0.1, 0.15) is 11.6 Å². The lowest BCUT2D eigenvalue weighted by Crippen LogP contribution is -2.40. The van der Waals surface area contributed by atoms with Crippen LogP contribution in [0.1, 0.15) is 20.8 Å². The number of hydrogen-bond donors (Lipinski definition) is 1. The maximum absolute atomic E-state index is 11.0. The van der Waals surface area contributed by atoms with Gasteiger partial charge in [-0.25, -0.2) is 4.98 Å². The Labute approximate surface area is 123 Å². The van der Waals surface area contributed by atoms with Gasteiger partial charge in [-0.1, -0.05) is 13.8 Å². The first-order valence-corrected chi connectivity index (χ1v) is 7.74. The van der Waals surface area contributed by atoms with Crippen molar-refractivity contribution in [2.75, 3.05) is 29.9 Å². The van der Waals surface area contributed by atoms with Crippen molar-refractivity contribution in [1.29, 1.82) is 0 Å². The molecule has 110 valence electrons. The van der Waals surface area contributed by atoms with E-state index in [0.717, 1.165) is 13.1 Å². The predicted octanol–water partition coefficient (Wildman–Crippen LogP) is 2.75. The number of thioether (sulfide) groups is 1. The van der Waals surface area contributed by atoms with Gasteiger partial charge in [0.15, 0.2) is 0 Å². The van der Waals surface area contributed by atoms with Gasteiger partial charge < -0.3 is 10.2 Å². The first kappa shape index (κ1) is 14.9. The van der Waals surface area contributed by atoms with Crippen LogP contribution in [-0.2, 0) is 0 Å². The van der Waals surface area contributed by atoms with Crippen LogP contribution in [0.5, 0.6) is 0 Å². The molecule has 0 aliphatic carbocycles. The normalized spacial score (nSPS) is 22.6. The van der Waals surface area contributed by atoms with E-state index in [1.165, 1.54) is 6.07 Å². The van der Waals surface area contributed by atoms with Crippen LogP contribution in [0.2, 0.25) is 0 Å². The first-order chi connectivity index (χ1) is 9.49. The summed E-state index contributed by atoms with van der Waals surface area (Å²) in [4.78, 5) is 17.3. The van der Waals surface area contributed by atoms with Crippen molar-refractivity contribution < 1.29 is 4.92 Å². The van der Waals surface area contributed by atoms with Crippen LogP contribution in [-0.4, -0.2) is 40.0 Å². The number of rotatable bonds is 4. The summed E-state index contributed by atoms with van der Waals surface area (Å²) in [5, 5.41) is 15.1. The molecule has 1 aromatic rings. The molecule has 0 radical (unpaired) electrons. The number of aromatic nitrogens is 1. The minimum Gasteiger partial charge on any atom is -0.370 e. The molecule has 0 amide bonds. The van der Waals surface area contributed by atoms with Gasteiger partial charge in [-0.3, -0.25) is 10.1 Å². The van der Waals surface area contributed by atoms with Gasteiger partial charge in [-0.05, 0) is 6.92 Å². The third-order valence-electron chi connectivity index (χ3n) is 3.11. The van der Waals surface area contributed by atoms with Crippen molar-refractivity contribution in [3.8, 4) is 0 Å². The fourth-order valence-corrected chi connectivity index (χ4v) is 3.73. The smallest absolute Gasteiger partial charge is 0.276 e. The lowest BCUT2D eigenvalue weighted by molar-refractivity contribution is -0.384. The highest BCUT2D eigenvalue weighted by atomic mass is 32.2. The van der Waals surface area contributed by atoms with Gasteiger partial charge in [-0.15, -0.1) is 0 Å². The summed E-state index contributed by atoms with van der Waals surface area (Å²) in [5.41, 5.74) is 0.0875. The Morgan fingerprint density at radius 1 is 1.45 bits per heavy atom. The highest BCUT2D eigenvalue weighted by Gasteiger charge is 2.25. The minimum absolute atomic E-state index is 0.0875. The molecule has 1 fully saturated rings. The van der Waals surface area contributed by atoms with Gasteiger partial charge in [0.25, 0.3) is 5.69 Å². The summed E-state index contributed by atoms with van der Waals surface area (Å²) >= 11 is 1.95. The van der Waals surface area contributed by atoms with Gasteiger partial charge in [0.05, 0.1) is 17.1 Å². The fourth-order valence-electron chi connectivity index (χ4n) is 2.41. The SMILES string of the molecule is CCNc1cc([N+](=O)[O-])cc(N2CC(C)SC(C)C2)n1. The molecule has 1 N–H and O–H groups in total. The zero-order valence-electron chi connectivity index (χ0n) is 12.0. The highest BCUT2D eigenvalue weighted by Crippen LogP contribution is 2.30. The molecular formula is C13H20N4O2S. The summed E-state index contributed by atoms with van der Waals surface area (Å²) in [7, 11) is 0. The highest BCUT2D eigenvalue weighted by molar-refractivity contribution is 8.00. The third-order valence-corrected chi connectivity index (χ3v) is 4.34. The molecule has 2 unspecified atom stereocenters. The molecule has 6 nitrogen and oxygen atoms in total. The van der Waals surface area contributed by atoms with E-state index in [0.29, 0.717) is 28.7 Å². The lowest BCUT2D eigenvalue weighted by Gasteiger charge is -2.35. The maximum atomic E-state index is 11.0. The third kappa shape index (κ3) is 3.53. The van der Waals surface area contributed by atoms with Gasteiger partial charge in [-0.2, -0.15) is 11.8 Å². The average Bonchev–Trinajstić information content (AvgIpc) is 2.37. The van der Waals surface area contributed by atoms with Gasteiger partial charge >= 0.3 is 0 Å². The first-order valence-electron chi connectivity index (χ1n) is 6.80. The second-order valence-corrected chi connectivity index (χ2v) is 6.90. The predicted molar refractivity (Wildman–Crippen MR) is 83.8 cm³/mol. The molecule has 7 heteroatoms. The summed E-state index contributed by atoms with van der Waals surface area (Å²) in [6.07, 6.45) is 0. The molecule has 0 aromatic carbocycles. The zero-order chi connectivity index (χ0) is 14.7. The Kier molecular flexibility index (Phi) is 4.69. The Morgan fingerprint density at radius 3 is 2.65 bits per heavy atom. The molecule has 20 heavy (non-hydrogen) atoms. The second-order valence-electron chi connectivity index (χ2n) is 5.02. The zero-order valence-corrected chi connectivity index (χ0v) is 12.8. The summed E-state index contributed by atoms with van der Waals surface area (Å²) < 4.78 is 0. The number of anilines is 2. The van der Waals surface area contributed by atoms with Crippen LogP contribution < -0.4 is 10.2 Å². The average molecular weight is 296 g/mol. The molecule has 1 aromatic heterocycles. The molecule has 1 aliphatic rings. The number of hydrogen-bond acceptors (Lipinski definition) is 6. The van der Waals surface area contributed by atoms with Crippen molar-refractivity contribution in [1.82, 2.24) is 4.98 Å². The minimum atomic E-state index is -0.364. The summed E-state index contributed by atoms with van der Waals surface area (Å²) in [6.45, 7) is 8.73. The molecule has 2 heterocycles. The molecule has 1 aliphatic heterocycles. The number of pyridine rings is 1. The van der Waals surface area contributed by atoms with Crippen LogP contribution in [0.25, 0.3) is 0 Å². The maximum Gasteiger partial charge on any atom is 0.276 e. The standard InChI is InChI=1S/C13H20N4O2S/c1-4-14-12-5-11(17(18)19)6-13(15-12)16-7-9(2)20-10(3)8-16/h5-6,9-10H,4,7-8H2,1-3H3,(H,14,15). The van der Waals surface area contributed by atoms with Gasteiger partial charge in [0.2, 0.25) is 0 Å². The van der Waals surface area contributed by atoms with Crippen molar-refractivity contribution >= 4 is 29.1 Å². The lowest BCUT2D eigenvalue weighted by atomic mass is 10.3. The Balaban J connectivity index is 2.31. The molecule has 0 bridgehead atoms. The molecule has 2 rings (SSSR count). The van der Waals surface area contributed by atoms with E-state index in [9.17, 15) is 10.1 Å². The van der Waals surface area contributed by atoms with Crippen LogP contribution in [0.4, 0.5) is 17.3 Å². The van der Waals surface area contributed by atoms with E-state index in [4.69, 9.17) is 0 Å². The molecule has 0 spiro atoms. The van der Waals surface area contributed by atoms with Crippen LogP contribution >= 0.6 is 11.8 Å². The molecule has 1 saturated heterocycles. The fraction of sp³-hybridized carbons (Fsp3) is 0.615. The van der Waals surface area contributed by atoms with Crippen molar-refractivity contribution in [3.05, 3.63) is 22.2 Å². The largest absolute Gasteiger partial charge is 0.370 e.